The van der Waals surface area contributed by atoms with Crippen LogP contribution in [-0.4, -0.2) is 193 Å². The van der Waals surface area contributed by atoms with Gasteiger partial charge in [0.2, 0.25) is 23.6 Å². The summed E-state index contributed by atoms with van der Waals surface area (Å²) in [4.78, 5) is 112. The number of carbonyl (C=O) groups excluding carboxylic acids is 9. The summed E-state index contributed by atoms with van der Waals surface area (Å²) in [6.07, 6.45) is 1.28. The van der Waals surface area contributed by atoms with Crippen LogP contribution in [0.2, 0.25) is 0 Å². The summed E-state index contributed by atoms with van der Waals surface area (Å²) >= 11 is 0. The van der Waals surface area contributed by atoms with E-state index in [0.717, 1.165) is 9.80 Å². The number of nitrogens with zero attached hydrogens (tertiary/aromatic N) is 2. The highest BCUT2D eigenvalue weighted by molar-refractivity contribution is 6.24. The van der Waals surface area contributed by atoms with E-state index in [2.05, 4.69) is 34.3 Å². The van der Waals surface area contributed by atoms with Crippen LogP contribution in [0.15, 0.2) is 36.4 Å². The summed E-state index contributed by atoms with van der Waals surface area (Å²) in [5.74, 6) is 6.91. The molecule has 2 aromatic carbocycles. The first-order valence-corrected chi connectivity index (χ1v) is 25.3. The second-order valence-corrected chi connectivity index (χ2v) is 18.3. The molecule has 4 aliphatic heterocycles. The molecule has 0 bridgehead atoms. The topological polar surface area (TPSA) is 293 Å². The highest BCUT2D eigenvalue weighted by Crippen LogP contribution is 2.30. The second kappa shape index (κ2) is 32.1. The van der Waals surface area contributed by atoms with Crippen LogP contribution in [0, 0.1) is 23.7 Å². The lowest BCUT2D eigenvalue weighted by atomic mass is 10.0. The van der Waals surface area contributed by atoms with E-state index in [-0.39, 0.29) is 67.1 Å². The van der Waals surface area contributed by atoms with Gasteiger partial charge < -0.3 is 48.4 Å². The average Bonchev–Trinajstić information content (AvgIpc) is 3.80. The molecule has 0 spiro atoms. The summed E-state index contributed by atoms with van der Waals surface area (Å²) in [5.41, 5.74) is 6.70. The van der Waals surface area contributed by atoms with Crippen molar-refractivity contribution < 1.29 is 85.8 Å². The Balaban J connectivity index is 0.000000289. The molecule has 2 unspecified atom stereocenters. The maximum absolute atomic E-state index is 12.9. The molecule has 2 atom stereocenters. The fourth-order valence-corrected chi connectivity index (χ4v) is 7.73. The molecular formula is C54H67N5O18. The fourth-order valence-electron chi connectivity index (χ4n) is 7.73. The molecule has 6 rings (SSSR count). The monoisotopic (exact) mass is 1070 g/mol. The van der Waals surface area contributed by atoms with Gasteiger partial charge in [0.1, 0.15) is 30.9 Å². The maximum atomic E-state index is 12.9. The molecule has 0 radical (unpaired) electrons. The van der Waals surface area contributed by atoms with Crippen LogP contribution in [0.25, 0.3) is 0 Å². The van der Waals surface area contributed by atoms with E-state index in [4.69, 9.17) is 48.4 Å². The number of nitrogens with one attached hydrogen (secondary N) is 2. The third-order valence-corrected chi connectivity index (χ3v) is 11.3. The first-order valence-electron chi connectivity index (χ1n) is 25.3. The van der Waals surface area contributed by atoms with E-state index in [9.17, 15) is 43.2 Å². The quantitative estimate of drug-likeness (QED) is 0.0465. The molecule has 0 aromatic heterocycles. The molecule has 4 heterocycles. The Morgan fingerprint density at radius 3 is 1.27 bits per heavy atom. The Morgan fingerprint density at radius 1 is 0.532 bits per heavy atom. The number of imide groups is 4. The van der Waals surface area contributed by atoms with Crippen molar-refractivity contribution in [2.45, 2.75) is 77.0 Å². The van der Waals surface area contributed by atoms with Gasteiger partial charge in [0.05, 0.1) is 108 Å². The summed E-state index contributed by atoms with van der Waals surface area (Å²) in [6.45, 7) is 12.4. The number of ether oxygens (including phenoxy) is 9. The van der Waals surface area contributed by atoms with Gasteiger partial charge in [0.15, 0.2) is 0 Å². The van der Waals surface area contributed by atoms with E-state index >= 15 is 0 Å². The number of rotatable bonds is 28. The number of piperidine rings is 2. The molecule has 416 valence electrons. The van der Waals surface area contributed by atoms with Crippen LogP contribution in [0.3, 0.4) is 0 Å². The van der Waals surface area contributed by atoms with Crippen molar-refractivity contribution in [3.63, 3.8) is 0 Å². The van der Waals surface area contributed by atoms with Gasteiger partial charge in [0.25, 0.3) is 23.6 Å². The Bertz CT molecular complexity index is 2560. The van der Waals surface area contributed by atoms with Crippen LogP contribution in [0.4, 0.5) is 0 Å². The number of fused-ring (bicyclic) bond motifs is 2. The number of benzene rings is 2. The molecule has 23 nitrogen and oxygen atoms in total. The molecule has 2 aromatic rings. The number of hydrogen-bond donors (Lipinski definition) is 3. The third-order valence-electron chi connectivity index (χ3n) is 11.3. The largest absolute Gasteiger partial charge is 0.460 e. The summed E-state index contributed by atoms with van der Waals surface area (Å²) < 4.78 is 48.3. The van der Waals surface area contributed by atoms with E-state index in [1.54, 1.807) is 12.1 Å². The van der Waals surface area contributed by atoms with E-state index in [1.165, 1.54) is 24.3 Å². The smallest absolute Gasteiger partial charge is 0.306 e. The number of hydrogen-bond acceptors (Lipinski definition) is 19. The molecule has 8 amide bonds. The van der Waals surface area contributed by atoms with Crippen LogP contribution < -0.4 is 16.4 Å². The van der Waals surface area contributed by atoms with Crippen molar-refractivity contribution in [3.8, 4) is 23.7 Å². The number of carbonyl (C=O) groups is 9. The van der Waals surface area contributed by atoms with Crippen molar-refractivity contribution in [3.05, 3.63) is 69.8 Å². The molecule has 4 N–H and O–H groups in total. The van der Waals surface area contributed by atoms with E-state index < -0.39 is 64.9 Å². The highest BCUT2D eigenvalue weighted by atomic mass is 16.6. The first kappa shape index (κ1) is 61.1. The fraction of sp³-hybridized carbons (Fsp3) is 0.537. The second-order valence-electron chi connectivity index (χ2n) is 18.3. The molecule has 0 saturated carbocycles. The van der Waals surface area contributed by atoms with Gasteiger partial charge in [-0.25, -0.2) is 0 Å². The molecule has 23 heteroatoms. The van der Waals surface area contributed by atoms with E-state index in [1.807, 2.05) is 20.8 Å². The Kier molecular flexibility index (Phi) is 25.5. The van der Waals surface area contributed by atoms with Gasteiger partial charge in [-0.1, -0.05) is 23.7 Å². The van der Waals surface area contributed by atoms with Crippen molar-refractivity contribution >= 4 is 53.2 Å². The lowest BCUT2D eigenvalue weighted by Gasteiger charge is -2.27. The third kappa shape index (κ3) is 20.0. The predicted octanol–water partition coefficient (Wildman–Crippen LogP) is 1.09. The van der Waals surface area contributed by atoms with Gasteiger partial charge >= 0.3 is 5.97 Å². The zero-order chi connectivity index (χ0) is 55.6. The Hall–Kier alpha value is -6.77. The van der Waals surface area contributed by atoms with E-state index in [0.29, 0.717) is 123 Å². The van der Waals surface area contributed by atoms with Crippen molar-refractivity contribution in [1.29, 1.82) is 0 Å². The van der Waals surface area contributed by atoms with Crippen LogP contribution >= 0.6 is 0 Å². The molecule has 0 aliphatic carbocycles. The van der Waals surface area contributed by atoms with Crippen molar-refractivity contribution in [2.75, 3.05) is 112 Å². The van der Waals surface area contributed by atoms with Crippen LogP contribution in [0.1, 0.15) is 112 Å². The summed E-state index contributed by atoms with van der Waals surface area (Å²) in [7, 11) is 0. The SMILES string of the molecule is CC(C)(C)OC(=O)CCCOCCOCCOCCOCC#Cc1ccc2c(c1)C(=O)N(C1CCC(=O)NC1=O)C2=O.NCCOCCOCCOCCOCC#Cc1ccc2c(c1)C(=O)N(C1CCC(=O)NC1=O)C2=O. The summed E-state index contributed by atoms with van der Waals surface area (Å²) in [5, 5.41) is 4.34. The highest BCUT2D eigenvalue weighted by Gasteiger charge is 2.46. The first-order chi connectivity index (χ1) is 37.1. The number of nitrogens with two attached hydrogens (primary N) is 1. The number of amides is 8. The minimum Gasteiger partial charge on any atom is -0.460 e. The zero-order valence-corrected chi connectivity index (χ0v) is 43.7. The molecule has 2 fully saturated rings. The Morgan fingerprint density at radius 2 is 0.896 bits per heavy atom. The minimum atomic E-state index is -1.01. The summed E-state index contributed by atoms with van der Waals surface area (Å²) in [6, 6.07) is 7.35. The predicted molar refractivity (Wildman–Crippen MR) is 271 cm³/mol. The van der Waals surface area contributed by atoms with Crippen molar-refractivity contribution in [1.82, 2.24) is 20.4 Å². The van der Waals surface area contributed by atoms with Gasteiger partial charge in [-0.05, 0) is 76.4 Å². The standard InChI is InChI=1S/C30H38N2O10.C24H29N3O8/c1-30(2,3)42-26(34)7-5-13-39-15-17-41-19-18-40-16-14-38-12-4-6-21-8-9-22-23(20-21)29(37)32(28(22)36)24-10-11-25(33)31-27(24)35;25-7-9-33-11-13-35-15-14-34-12-10-32-8-1-2-17-3-4-18-19(16-17)24(31)27(23(18)30)20-5-6-21(28)26-22(20)29/h8-9,20,24H,5,7,10-19H2,1-3H3,(H,31,33,35);3-4,16,20H,5-15,25H2,(H,26,28,29). The minimum absolute atomic E-state index is 0.0652. The number of esters is 1. The maximum Gasteiger partial charge on any atom is 0.306 e. The molecule has 4 aliphatic rings. The van der Waals surface area contributed by atoms with Crippen molar-refractivity contribution in [2.24, 2.45) is 5.73 Å². The van der Waals surface area contributed by atoms with Gasteiger partial charge in [-0.15, -0.1) is 0 Å². The Labute approximate surface area is 446 Å². The molecule has 2 saturated heterocycles. The van der Waals surface area contributed by atoms with Crippen LogP contribution in [-0.2, 0) is 66.6 Å². The zero-order valence-electron chi connectivity index (χ0n) is 43.7. The molecular weight excluding hydrogens is 1010 g/mol. The lowest BCUT2D eigenvalue weighted by Crippen LogP contribution is -2.54. The molecule has 77 heavy (non-hydrogen) atoms. The normalized spacial score (nSPS) is 16.9. The van der Waals surface area contributed by atoms with Gasteiger partial charge in [0, 0.05) is 43.5 Å². The van der Waals surface area contributed by atoms with Gasteiger partial charge in [-0.3, -0.25) is 63.6 Å². The average molecular weight is 1070 g/mol. The lowest BCUT2D eigenvalue weighted by molar-refractivity contribution is -0.155. The van der Waals surface area contributed by atoms with Crippen LogP contribution in [0.5, 0.6) is 0 Å². The van der Waals surface area contributed by atoms with Gasteiger partial charge in [-0.2, -0.15) is 0 Å².